The van der Waals surface area contributed by atoms with E-state index in [1.54, 1.807) is 18.4 Å². The lowest BCUT2D eigenvalue weighted by molar-refractivity contribution is -0.153. The minimum Gasteiger partial charge on any atom is -0.493 e. The summed E-state index contributed by atoms with van der Waals surface area (Å²) in [5.41, 5.74) is 1.32. The molecule has 1 N–H and O–H groups in total. The first-order valence-corrected chi connectivity index (χ1v) is 9.49. The van der Waals surface area contributed by atoms with Crippen LogP contribution in [0.5, 0.6) is 11.5 Å². The summed E-state index contributed by atoms with van der Waals surface area (Å²) in [6.45, 7) is -1.06. The molecule has 0 radical (unpaired) electrons. The van der Waals surface area contributed by atoms with Crippen molar-refractivity contribution in [3.8, 4) is 11.5 Å². The van der Waals surface area contributed by atoms with Crippen molar-refractivity contribution < 1.29 is 27.4 Å². The molecule has 0 aliphatic rings. The predicted molar refractivity (Wildman–Crippen MR) is 107 cm³/mol. The molecule has 0 saturated heterocycles. The van der Waals surface area contributed by atoms with Gasteiger partial charge in [0.1, 0.15) is 0 Å². The zero-order valence-corrected chi connectivity index (χ0v) is 16.6. The van der Waals surface area contributed by atoms with E-state index in [2.05, 4.69) is 5.32 Å². The van der Waals surface area contributed by atoms with Crippen LogP contribution in [0.1, 0.15) is 5.56 Å². The average molecular weight is 424 g/mol. The van der Waals surface area contributed by atoms with E-state index in [4.69, 9.17) is 9.47 Å². The van der Waals surface area contributed by atoms with Gasteiger partial charge in [-0.3, -0.25) is 0 Å². The molecule has 0 saturated carbocycles. The lowest BCUT2D eigenvalue weighted by atomic mass is 10.2. The van der Waals surface area contributed by atoms with Gasteiger partial charge in [-0.15, -0.1) is 11.3 Å². The van der Waals surface area contributed by atoms with Gasteiger partial charge < -0.3 is 19.7 Å². The minimum atomic E-state index is -4.48. The number of urea groups is 1. The quantitative estimate of drug-likeness (QED) is 0.567. The zero-order chi connectivity index (χ0) is 21.0. The van der Waals surface area contributed by atoms with Crippen molar-refractivity contribution in [2.24, 2.45) is 0 Å². The van der Waals surface area contributed by atoms with E-state index in [1.807, 2.05) is 29.6 Å². The smallest absolute Gasteiger partial charge is 0.422 e. The summed E-state index contributed by atoms with van der Waals surface area (Å²) in [4.78, 5) is 14.0. The number of thiophene rings is 1. The van der Waals surface area contributed by atoms with Crippen LogP contribution in [-0.2, 0) is 6.54 Å². The van der Waals surface area contributed by atoms with Crippen LogP contribution in [0.2, 0.25) is 0 Å². The topological polar surface area (TPSA) is 50.8 Å². The predicted octanol–water partition coefficient (Wildman–Crippen LogP) is 5.51. The van der Waals surface area contributed by atoms with Crippen LogP contribution in [0.4, 0.5) is 23.7 Å². The van der Waals surface area contributed by atoms with Gasteiger partial charge in [0, 0.05) is 30.0 Å². The number of amides is 2. The third-order valence-corrected chi connectivity index (χ3v) is 5.13. The summed E-state index contributed by atoms with van der Waals surface area (Å²) in [5, 5.41) is 5.76. The molecule has 0 spiro atoms. The van der Waals surface area contributed by atoms with Crippen LogP contribution in [-0.4, -0.2) is 37.9 Å². The van der Waals surface area contributed by atoms with Crippen LogP contribution >= 0.6 is 11.3 Å². The fraction of sp³-hybridized carbons (Fsp3) is 0.250. The van der Waals surface area contributed by atoms with Crippen molar-refractivity contribution in [1.29, 1.82) is 0 Å². The number of nitrogens with one attached hydrogen (secondary N) is 1. The molecule has 0 aliphatic carbocycles. The lowest BCUT2D eigenvalue weighted by Gasteiger charge is -2.19. The number of fused-ring (bicyclic) bond motifs is 1. The van der Waals surface area contributed by atoms with Crippen LogP contribution in [0.25, 0.3) is 10.1 Å². The van der Waals surface area contributed by atoms with Crippen molar-refractivity contribution in [3.05, 3.63) is 53.4 Å². The summed E-state index contributed by atoms with van der Waals surface area (Å²) >= 11 is 1.60. The van der Waals surface area contributed by atoms with E-state index in [-0.39, 0.29) is 11.5 Å². The van der Waals surface area contributed by atoms with Crippen LogP contribution < -0.4 is 14.8 Å². The van der Waals surface area contributed by atoms with Gasteiger partial charge in [0.2, 0.25) is 0 Å². The van der Waals surface area contributed by atoms with E-state index in [0.717, 1.165) is 15.6 Å². The molecule has 1 heterocycles. The molecule has 29 heavy (non-hydrogen) atoms. The monoisotopic (exact) mass is 424 g/mol. The number of hydrogen-bond acceptors (Lipinski definition) is 4. The van der Waals surface area contributed by atoms with E-state index in [0.29, 0.717) is 12.2 Å². The van der Waals surface area contributed by atoms with E-state index >= 15 is 0 Å². The Kier molecular flexibility index (Phi) is 6.17. The number of halogens is 3. The lowest BCUT2D eigenvalue weighted by Crippen LogP contribution is -2.30. The largest absolute Gasteiger partial charge is 0.493 e. The SMILES string of the molecule is COc1ccc(NC(=O)N(C)Cc2csc3ccccc23)cc1OCC(F)(F)F. The van der Waals surface area contributed by atoms with Crippen molar-refractivity contribution in [3.63, 3.8) is 0 Å². The van der Waals surface area contributed by atoms with Crippen LogP contribution in [0, 0.1) is 0 Å². The summed E-state index contributed by atoms with van der Waals surface area (Å²) in [6, 6.07) is 11.8. The first kappa shape index (κ1) is 20.8. The Balaban J connectivity index is 1.69. The Bertz CT molecular complexity index is 1000. The first-order valence-electron chi connectivity index (χ1n) is 8.61. The molecule has 154 valence electrons. The number of methoxy groups -OCH3 is 1. The second-order valence-corrected chi connectivity index (χ2v) is 7.22. The van der Waals surface area contributed by atoms with Crippen molar-refractivity contribution in [2.45, 2.75) is 12.7 Å². The van der Waals surface area contributed by atoms with Gasteiger partial charge in [0.25, 0.3) is 0 Å². The molecule has 0 unspecified atom stereocenters. The number of ether oxygens (including phenoxy) is 2. The van der Waals surface area contributed by atoms with Crippen LogP contribution in [0.3, 0.4) is 0 Å². The molecule has 2 amide bonds. The average Bonchev–Trinajstić information content (AvgIpc) is 3.09. The number of rotatable bonds is 6. The van der Waals surface area contributed by atoms with E-state index in [9.17, 15) is 18.0 Å². The van der Waals surface area contributed by atoms with Crippen molar-refractivity contribution >= 4 is 33.1 Å². The van der Waals surface area contributed by atoms with Crippen molar-refractivity contribution in [1.82, 2.24) is 4.90 Å². The number of alkyl halides is 3. The molecular weight excluding hydrogens is 405 g/mol. The first-order chi connectivity index (χ1) is 13.8. The number of carbonyl (C=O) groups excluding carboxylic acids is 1. The highest BCUT2D eigenvalue weighted by Crippen LogP contribution is 2.32. The molecule has 3 rings (SSSR count). The molecule has 0 bridgehead atoms. The van der Waals surface area contributed by atoms with Gasteiger partial charge >= 0.3 is 12.2 Å². The summed E-state index contributed by atoms with van der Waals surface area (Å²) < 4.78 is 48.3. The summed E-state index contributed by atoms with van der Waals surface area (Å²) in [5.74, 6) is 0.0412. The molecule has 9 heteroatoms. The normalized spacial score (nSPS) is 11.3. The second-order valence-electron chi connectivity index (χ2n) is 6.31. The van der Waals surface area contributed by atoms with Gasteiger partial charge in [-0.1, -0.05) is 18.2 Å². The van der Waals surface area contributed by atoms with Crippen molar-refractivity contribution in [2.75, 3.05) is 26.1 Å². The maximum absolute atomic E-state index is 12.5. The highest BCUT2D eigenvalue weighted by molar-refractivity contribution is 7.17. The molecule has 5 nitrogen and oxygen atoms in total. The molecule has 0 atom stereocenters. The zero-order valence-electron chi connectivity index (χ0n) is 15.7. The molecule has 2 aromatic carbocycles. The molecular formula is C20H19F3N2O3S. The third-order valence-electron chi connectivity index (χ3n) is 4.12. The highest BCUT2D eigenvalue weighted by Gasteiger charge is 2.29. The standard InChI is InChI=1S/C20H19F3N2O3S/c1-25(10-13-11-29-18-6-4-3-5-15(13)18)19(26)24-14-7-8-16(27-2)17(9-14)28-12-20(21,22)23/h3-9,11H,10,12H2,1-2H3,(H,24,26). The number of benzene rings is 2. The number of hydrogen-bond donors (Lipinski definition) is 1. The Morgan fingerprint density at radius 2 is 1.93 bits per heavy atom. The Hall–Kier alpha value is -2.94. The van der Waals surface area contributed by atoms with E-state index in [1.165, 1.54) is 30.2 Å². The molecule has 3 aromatic rings. The third kappa shape index (κ3) is 5.32. The summed E-state index contributed by atoms with van der Waals surface area (Å²) in [6.07, 6.45) is -4.48. The van der Waals surface area contributed by atoms with Gasteiger partial charge in [-0.25, -0.2) is 4.79 Å². The molecule has 0 aliphatic heterocycles. The van der Waals surface area contributed by atoms with Gasteiger partial charge in [-0.05, 0) is 34.5 Å². The molecule has 1 aromatic heterocycles. The Morgan fingerprint density at radius 3 is 2.66 bits per heavy atom. The number of carbonyl (C=O) groups is 1. The minimum absolute atomic E-state index is 0.103. The Labute approximate surface area is 169 Å². The maximum atomic E-state index is 12.5. The summed E-state index contributed by atoms with van der Waals surface area (Å²) in [7, 11) is 2.97. The molecule has 0 fully saturated rings. The van der Waals surface area contributed by atoms with E-state index < -0.39 is 18.8 Å². The maximum Gasteiger partial charge on any atom is 0.422 e. The highest BCUT2D eigenvalue weighted by atomic mass is 32.1. The van der Waals surface area contributed by atoms with Gasteiger partial charge in [-0.2, -0.15) is 13.2 Å². The Morgan fingerprint density at radius 1 is 1.17 bits per heavy atom. The number of nitrogens with zero attached hydrogens (tertiary/aromatic N) is 1. The fourth-order valence-electron chi connectivity index (χ4n) is 2.73. The van der Waals surface area contributed by atoms with Gasteiger partial charge in [0.05, 0.1) is 7.11 Å². The fourth-order valence-corrected chi connectivity index (χ4v) is 3.68. The number of anilines is 1. The van der Waals surface area contributed by atoms with Gasteiger partial charge in [0.15, 0.2) is 18.1 Å². The van der Waals surface area contributed by atoms with Crippen LogP contribution in [0.15, 0.2) is 47.8 Å². The second kappa shape index (κ2) is 8.60.